The van der Waals surface area contributed by atoms with Crippen LogP contribution in [-0.4, -0.2) is 55.8 Å². The minimum atomic E-state index is -0.718. The van der Waals surface area contributed by atoms with E-state index in [2.05, 4.69) is 10.2 Å². The molecule has 1 saturated heterocycles. The van der Waals surface area contributed by atoms with E-state index < -0.39 is 5.41 Å². The standard InChI is InChI=1S/C8H15O4Si/c1-9-8(13,10-2)3-4-11-5-7-6-12-7/h7H,3-6H2,1-2H3. The first-order valence-electron chi connectivity index (χ1n) is 4.25. The van der Waals surface area contributed by atoms with Crippen molar-refractivity contribution in [1.29, 1.82) is 0 Å². The SMILES string of the molecule is COC([Si])(CCOCC1CO1)OC. The van der Waals surface area contributed by atoms with Crippen LogP contribution >= 0.6 is 0 Å². The summed E-state index contributed by atoms with van der Waals surface area (Å²) in [6.07, 6.45) is 0.957. The Labute approximate surface area is 81.9 Å². The summed E-state index contributed by atoms with van der Waals surface area (Å²) < 4.78 is 20.5. The van der Waals surface area contributed by atoms with E-state index in [-0.39, 0.29) is 0 Å². The van der Waals surface area contributed by atoms with Crippen molar-refractivity contribution < 1.29 is 18.9 Å². The van der Waals surface area contributed by atoms with Crippen LogP contribution < -0.4 is 0 Å². The van der Waals surface area contributed by atoms with E-state index in [1.54, 1.807) is 14.2 Å². The minimum Gasteiger partial charge on any atom is -0.378 e. The molecule has 0 aromatic carbocycles. The molecule has 0 aromatic heterocycles. The topological polar surface area (TPSA) is 40.2 Å². The van der Waals surface area contributed by atoms with Gasteiger partial charge in [0.1, 0.15) is 21.8 Å². The Bertz CT molecular complexity index is 145. The minimum absolute atomic E-state index is 0.314. The highest BCUT2D eigenvalue weighted by molar-refractivity contribution is 6.13. The van der Waals surface area contributed by atoms with Gasteiger partial charge in [-0.25, -0.2) is 0 Å². The Hall–Kier alpha value is 0.0569. The van der Waals surface area contributed by atoms with E-state index in [1.165, 1.54) is 0 Å². The molecule has 1 aliphatic heterocycles. The third-order valence-electron chi connectivity index (χ3n) is 1.94. The van der Waals surface area contributed by atoms with E-state index in [1.807, 2.05) is 0 Å². The third kappa shape index (κ3) is 4.19. The smallest absolute Gasteiger partial charge is 0.145 e. The van der Waals surface area contributed by atoms with Crippen LogP contribution in [0.2, 0.25) is 0 Å². The molecular formula is C8H15O4Si. The van der Waals surface area contributed by atoms with Crippen molar-refractivity contribution in [3.63, 3.8) is 0 Å². The number of methoxy groups -OCH3 is 2. The molecule has 0 aromatic rings. The van der Waals surface area contributed by atoms with Crippen LogP contribution in [0.4, 0.5) is 0 Å². The summed E-state index contributed by atoms with van der Waals surface area (Å²) in [5.41, 5.74) is -0.718. The van der Waals surface area contributed by atoms with Crippen LogP contribution in [0.25, 0.3) is 0 Å². The van der Waals surface area contributed by atoms with Crippen molar-refractivity contribution in [2.75, 3.05) is 34.0 Å². The summed E-state index contributed by atoms with van der Waals surface area (Å²) in [7, 11) is 6.53. The highest BCUT2D eigenvalue weighted by Gasteiger charge is 2.25. The van der Waals surface area contributed by atoms with Crippen molar-refractivity contribution in [2.24, 2.45) is 0 Å². The van der Waals surface area contributed by atoms with Gasteiger partial charge in [0.15, 0.2) is 0 Å². The third-order valence-corrected chi connectivity index (χ3v) is 2.60. The molecule has 1 heterocycles. The van der Waals surface area contributed by atoms with Gasteiger partial charge in [0, 0.05) is 20.6 Å². The number of hydrogen-bond donors (Lipinski definition) is 0. The molecule has 1 unspecified atom stereocenters. The van der Waals surface area contributed by atoms with Gasteiger partial charge in [0.25, 0.3) is 0 Å². The molecule has 1 fully saturated rings. The average molecular weight is 203 g/mol. The number of ether oxygens (including phenoxy) is 4. The zero-order valence-electron chi connectivity index (χ0n) is 8.04. The lowest BCUT2D eigenvalue weighted by Gasteiger charge is -2.26. The molecule has 1 aliphatic rings. The number of hydrogen-bond acceptors (Lipinski definition) is 4. The van der Waals surface area contributed by atoms with E-state index in [0.717, 1.165) is 6.61 Å². The van der Waals surface area contributed by atoms with Crippen LogP contribution in [0.1, 0.15) is 6.42 Å². The number of rotatable bonds is 7. The number of epoxide rings is 1. The normalized spacial score (nSPS) is 21.9. The molecule has 5 heteroatoms. The van der Waals surface area contributed by atoms with Crippen molar-refractivity contribution >= 4 is 10.2 Å². The highest BCUT2D eigenvalue weighted by Crippen LogP contribution is 2.13. The fraction of sp³-hybridized carbons (Fsp3) is 1.00. The first-order valence-corrected chi connectivity index (χ1v) is 4.75. The highest BCUT2D eigenvalue weighted by atomic mass is 28.1. The maximum Gasteiger partial charge on any atom is 0.145 e. The van der Waals surface area contributed by atoms with Gasteiger partial charge in [-0.1, -0.05) is 0 Å². The zero-order valence-corrected chi connectivity index (χ0v) is 9.04. The Morgan fingerprint density at radius 2 is 2.08 bits per heavy atom. The molecule has 3 radical (unpaired) electrons. The Kier molecular flexibility index (Phi) is 4.34. The summed E-state index contributed by atoms with van der Waals surface area (Å²) >= 11 is 0. The summed E-state index contributed by atoms with van der Waals surface area (Å²) in [6.45, 7) is 2.08. The van der Waals surface area contributed by atoms with E-state index in [4.69, 9.17) is 18.9 Å². The van der Waals surface area contributed by atoms with E-state index >= 15 is 0 Å². The maximum atomic E-state index is 5.34. The predicted molar refractivity (Wildman–Crippen MR) is 47.7 cm³/mol. The van der Waals surface area contributed by atoms with Gasteiger partial charge >= 0.3 is 0 Å². The second-order valence-corrected chi connectivity index (χ2v) is 3.70. The molecule has 0 aliphatic carbocycles. The van der Waals surface area contributed by atoms with Gasteiger partial charge in [-0.15, -0.1) is 0 Å². The van der Waals surface area contributed by atoms with Crippen LogP contribution in [0.5, 0.6) is 0 Å². The zero-order chi connectivity index (χ0) is 9.73. The summed E-state index contributed by atoms with van der Waals surface area (Å²) in [5, 5.41) is 0. The molecular weight excluding hydrogens is 188 g/mol. The van der Waals surface area contributed by atoms with Crippen LogP contribution in [-0.2, 0) is 18.9 Å². The van der Waals surface area contributed by atoms with Gasteiger partial charge in [-0.05, 0) is 0 Å². The lowest BCUT2D eigenvalue weighted by Crippen LogP contribution is -2.35. The van der Waals surface area contributed by atoms with Crippen molar-refractivity contribution in [3.8, 4) is 0 Å². The van der Waals surface area contributed by atoms with Crippen LogP contribution in [0.3, 0.4) is 0 Å². The Balaban J connectivity index is 2.01. The lowest BCUT2D eigenvalue weighted by molar-refractivity contribution is -0.153. The summed E-state index contributed by atoms with van der Waals surface area (Å²) in [4.78, 5) is 0. The maximum absolute atomic E-state index is 5.34. The molecule has 0 amide bonds. The molecule has 0 saturated carbocycles. The predicted octanol–water partition coefficient (Wildman–Crippen LogP) is -0.0930. The van der Waals surface area contributed by atoms with E-state index in [9.17, 15) is 0 Å². The molecule has 0 bridgehead atoms. The fourth-order valence-corrected chi connectivity index (χ4v) is 0.975. The van der Waals surface area contributed by atoms with Gasteiger partial charge in [-0.3, -0.25) is 0 Å². The van der Waals surface area contributed by atoms with Gasteiger partial charge < -0.3 is 18.9 Å². The quantitative estimate of drug-likeness (QED) is 0.251. The first kappa shape index (κ1) is 11.1. The first-order chi connectivity index (χ1) is 6.20. The molecule has 75 valence electrons. The van der Waals surface area contributed by atoms with Gasteiger partial charge in [-0.2, -0.15) is 0 Å². The molecule has 1 rings (SSSR count). The van der Waals surface area contributed by atoms with Crippen molar-refractivity contribution in [3.05, 3.63) is 0 Å². The molecule has 13 heavy (non-hydrogen) atoms. The molecule has 0 spiro atoms. The summed E-state index contributed by atoms with van der Waals surface area (Å²) in [6, 6.07) is 0. The Morgan fingerprint density at radius 3 is 2.54 bits per heavy atom. The van der Waals surface area contributed by atoms with Crippen molar-refractivity contribution in [2.45, 2.75) is 17.9 Å². The van der Waals surface area contributed by atoms with Crippen LogP contribution in [0.15, 0.2) is 0 Å². The van der Waals surface area contributed by atoms with Gasteiger partial charge in [0.2, 0.25) is 0 Å². The second kappa shape index (κ2) is 5.07. The molecule has 0 N–H and O–H groups in total. The summed E-state index contributed by atoms with van der Waals surface area (Å²) in [5.74, 6) is 0. The Morgan fingerprint density at radius 1 is 1.46 bits per heavy atom. The van der Waals surface area contributed by atoms with Gasteiger partial charge in [0.05, 0.1) is 19.8 Å². The molecule has 1 atom stereocenters. The molecule has 4 nitrogen and oxygen atoms in total. The van der Waals surface area contributed by atoms with Crippen molar-refractivity contribution in [1.82, 2.24) is 0 Å². The largest absolute Gasteiger partial charge is 0.378 e. The second-order valence-electron chi connectivity index (χ2n) is 2.94. The monoisotopic (exact) mass is 203 g/mol. The fourth-order valence-electron chi connectivity index (χ4n) is 0.873. The van der Waals surface area contributed by atoms with E-state index in [0.29, 0.717) is 25.7 Å². The lowest BCUT2D eigenvalue weighted by atomic mass is 10.4. The average Bonchev–Trinajstić information content (AvgIpc) is 2.96. The van der Waals surface area contributed by atoms with Crippen LogP contribution in [0, 0.1) is 0 Å².